The monoisotopic (exact) mass is 458 g/mol. The molecule has 1 aromatic rings. The quantitative estimate of drug-likeness (QED) is 0.477. The van der Waals surface area contributed by atoms with Crippen molar-refractivity contribution in [3.05, 3.63) is 28.2 Å². The van der Waals surface area contributed by atoms with Crippen molar-refractivity contribution in [2.24, 2.45) is 5.92 Å². The van der Waals surface area contributed by atoms with Gasteiger partial charge in [0.25, 0.3) is 0 Å². The summed E-state index contributed by atoms with van der Waals surface area (Å²) in [5.74, 6) is 0.598. The molecule has 0 aliphatic heterocycles. The fourth-order valence-electron chi connectivity index (χ4n) is 3.94. The number of hydrogen-bond donors (Lipinski definition) is 2. The Morgan fingerprint density at radius 2 is 1.80 bits per heavy atom. The summed E-state index contributed by atoms with van der Waals surface area (Å²) in [5.41, 5.74) is 0.914. The lowest BCUT2D eigenvalue weighted by molar-refractivity contribution is -0.0920. The van der Waals surface area contributed by atoms with Crippen LogP contribution in [-0.4, -0.2) is 67.5 Å². The predicted molar refractivity (Wildman–Crippen MR) is 125 cm³/mol. The minimum atomic E-state index is -0.0172. The Morgan fingerprint density at radius 3 is 2.43 bits per heavy atom. The van der Waals surface area contributed by atoms with Gasteiger partial charge < -0.3 is 20.3 Å². The highest BCUT2D eigenvalue weighted by molar-refractivity contribution is 6.43. The van der Waals surface area contributed by atoms with Gasteiger partial charge in [0.05, 0.1) is 15.7 Å². The Bertz CT molecular complexity index is 667. The zero-order valence-electron chi connectivity index (χ0n) is 18.4. The topological polar surface area (TPSA) is 59.1 Å². The van der Waals surface area contributed by atoms with E-state index < -0.39 is 0 Å². The molecule has 0 radical (unpaired) electrons. The fraction of sp³-hybridized carbons (Fsp3) is 0.682. The van der Waals surface area contributed by atoms with Crippen LogP contribution in [0.1, 0.15) is 45.4 Å². The van der Waals surface area contributed by atoms with Crippen molar-refractivity contribution in [3.63, 3.8) is 0 Å². The molecule has 0 saturated heterocycles. The number of nitrogens with zero attached hydrogens (tertiary/aromatic N) is 3. The molecule has 2 rings (SSSR count). The summed E-state index contributed by atoms with van der Waals surface area (Å²) in [6, 6.07) is 5.92. The molecule has 0 spiro atoms. The van der Waals surface area contributed by atoms with Crippen LogP contribution in [0.4, 0.5) is 10.5 Å². The van der Waals surface area contributed by atoms with Gasteiger partial charge in [0, 0.05) is 46.3 Å². The van der Waals surface area contributed by atoms with Crippen molar-refractivity contribution in [1.29, 1.82) is 0 Å². The highest BCUT2D eigenvalue weighted by Crippen LogP contribution is 2.32. The lowest BCUT2D eigenvalue weighted by Crippen LogP contribution is -2.43. The Kier molecular flexibility index (Phi) is 10.5. The van der Waals surface area contributed by atoms with Crippen LogP contribution in [0.5, 0.6) is 0 Å². The van der Waals surface area contributed by atoms with E-state index in [0.29, 0.717) is 35.6 Å². The number of anilines is 1. The second-order valence-electron chi connectivity index (χ2n) is 8.36. The number of carbonyl (C=O) groups is 1. The highest BCUT2D eigenvalue weighted by Gasteiger charge is 2.23. The highest BCUT2D eigenvalue weighted by atomic mass is 35.5. The maximum absolute atomic E-state index is 11.8. The van der Waals surface area contributed by atoms with Gasteiger partial charge in [0.15, 0.2) is 0 Å². The molecule has 2 amide bonds. The van der Waals surface area contributed by atoms with Crippen LogP contribution in [0.2, 0.25) is 10.0 Å². The van der Waals surface area contributed by atoms with Gasteiger partial charge in [0.2, 0.25) is 0 Å². The van der Waals surface area contributed by atoms with E-state index in [2.05, 4.69) is 17.1 Å². The first-order chi connectivity index (χ1) is 14.3. The number of urea groups is 1. The largest absolute Gasteiger partial charge is 0.369 e. The van der Waals surface area contributed by atoms with Crippen LogP contribution < -0.4 is 10.2 Å². The van der Waals surface area contributed by atoms with Crippen LogP contribution >= 0.6 is 23.2 Å². The summed E-state index contributed by atoms with van der Waals surface area (Å²) in [6.07, 6.45) is 6.15. The maximum Gasteiger partial charge on any atom is 0.317 e. The number of hydroxylamine groups is 2. The molecular formula is C22H36Cl2N4O2. The molecular weight excluding hydrogens is 423 g/mol. The summed E-state index contributed by atoms with van der Waals surface area (Å²) in [5, 5.41) is 16.0. The molecule has 1 saturated carbocycles. The fourth-order valence-corrected chi connectivity index (χ4v) is 4.35. The second kappa shape index (κ2) is 12.6. The van der Waals surface area contributed by atoms with E-state index in [1.165, 1.54) is 5.06 Å². The zero-order valence-corrected chi connectivity index (χ0v) is 19.9. The number of rotatable bonds is 10. The zero-order chi connectivity index (χ0) is 22.1. The molecule has 30 heavy (non-hydrogen) atoms. The molecule has 170 valence electrons. The molecule has 1 fully saturated rings. The molecule has 1 aromatic carbocycles. The summed E-state index contributed by atoms with van der Waals surface area (Å²) in [4.78, 5) is 15.5. The standard InChI is InChI=1S/C22H36Cl2N4O2/c1-4-13-27(20-7-5-6-19(23)21(20)24)15-16-28(30)14-12-17-8-10-18(11-9-17)25-22(29)26(2)3/h5-7,17-18,30H,4,8-16H2,1-3H3,(H,25,29). The molecule has 1 aliphatic carbocycles. The van der Waals surface area contributed by atoms with Crippen LogP contribution in [0.25, 0.3) is 0 Å². The number of carbonyl (C=O) groups excluding carboxylic acids is 1. The Labute approximate surface area is 191 Å². The summed E-state index contributed by atoms with van der Waals surface area (Å²) in [7, 11) is 3.53. The lowest BCUT2D eigenvalue weighted by atomic mass is 9.84. The molecule has 8 heteroatoms. The number of hydrogen-bond acceptors (Lipinski definition) is 4. The van der Waals surface area contributed by atoms with Crippen molar-refractivity contribution in [1.82, 2.24) is 15.3 Å². The van der Waals surface area contributed by atoms with Crippen LogP contribution in [0.3, 0.4) is 0 Å². The Hall–Kier alpha value is -1.21. The third-order valence-corrected chi connectivity index (χ3v) is 6.58. The predicted octanol–water partition coefficient (Wildman–Crippen LogP) is 5.12. The molecule has 0 atom stereocenters. The smallest absolute Gasteiger partial charge is 0.317 e. The van der Waals surface area contributed by atoms with Crippen molar-refractivity contribution < 1.29 is 10.0 Å². The van der Waals surface area contributed by atoms with E-state index in [-0.39, 0.29) is 12.1 Å². The van der Waals surface area contributed by atoms with E-state index in [1.54, 1.807) is 25.1 Å². The third kappa shape index (κ3) is 7.80. The van der Waals surface area contributed by atoms with Gasteiger partial charge in [-0.15, -0.1) is 0 Å². The Morgan fingerprint density at radius 1 is 1.10 bits per heavy atom. The van der Waals surface area contributed by atoms with E-state index in [1.807, 2.05) is 12.1 Å². The molecule has 1 aliphatic rings. The average molecular weight is 459 g/mol. The summed E-state index contributed by atoms with van der Waals surface area (Å²) in [6.45, 7) is 4.88. The van der Waals surface area contributed by atoms with E-state index in [0.717, 1.165) is 50.8 Å². The summed E-state index contributed by atoms with van der Waals surface area (Å²) < 4.78 is 0. The SMILES string of the molecule is CCCN(CCN(O)CCC1CCC(NC(=O)N(C)C)CC1)c1cccc(Cl)c1Cl. The van der Waals surface area contributed by atoms with Crippen LogP contribution in [0, 0.1) is 5.92 Å². The van der Waals surface area contributed by atoms with Crippen molar-refractivity contribution in [2.45, 2.75) is 51.5 Å². The summed E-state index contributed by atoms with van der Waals surface area (Å²) >= 11 is 12.5. The van der Waals surface area contributed by atoms with Crippen LogP contribution in [0.15, 0.2) is 18.2 Å². The molecule has 0 bridgehead atoms. The van der Waals surface area contributed by atoms with Crippen molar-refractivity contribution in [2.75, 3.05) is 45.2 Å². The van der Waals surface area contributed by atoms with Gasteiger partial charge in [-0.1, -0.05) is 36.2 Å². The number of halogens is 2. The number of nitrogens with one attached hydrogen (secondary N) is 1. The van der Waals surface area contributed by atoms with Crippen molar-refractivity contribution in [3.8, 4) is 0 Å². The van der Waals surface area contributed by atoms with Crippen LogP contribution in [-0.2, 0) is 0 Å². The second-order valence-corrected chi connectivity index (χ2v) is 9.15. The minimum Gasteiger partial charge on any atom is -0.369 e. The third-order valence-electron chi connectivity index (χ3n) is 5.77. The average Bonchev–Trinajstić information content (AvgIpc) is 2.72. The van der Waals surface area contributed by atoms with Gasteiger partial charge in [-0.05, 0) is 56.6 Å². The molecule has 0 aromatic heterocycles. The first-order valence-electron chi connectivity index (χ1n) is 10.9. The molecule has 2 N–H and O–H groups in total. The molecule has 0 unspecified atom stereocenters. The number of amides is 2. The minimum absolute atomic E-state index is 0.0172. The van der Waals surface area contributed by atoms with Gasteiger partial charge in [0.1, 0.15) is 0 Å². The molecule has 6 nitrogen and oxygen atoms in total. The van der Waals surface area contributed by atoms with Gasteiger partial charge in [-0.3, -0.25) is 0 Å². The lowest BCUT2D eigenvalue weighted by Gasteiger charge is -2.31. The van der Waals surface area contributed by atoms with E-state index >= 15 is 0 Å². The van der Waals surface area contributed by atoms with Gasteiger partial charge in [-0.25, -0.2) is 4.79 Å². The normalized spacial score (nSPS) is 19.0. The number of benzene rings is 1. The molecule has 0 heterocycles. The first-order valence-corrected chi connectivity index (χ1v) is 11.7. The van der Waals surface area contributed by atoms with E-state index in [9.17, 15) is 10.0 Å². The van der Waals surface area contributed by atoms with E-state index in [4.69, 9.17) is 23.2 Å². The Balaban J connectivity index is 1.73. The van der Waals surface area contributed by atoms with Gasteiger partial charge in [-0.2, -0.15) is 5.06 Å². The first kappa shape index (κ1) is 25.1. The maximum atomic E-state index is 11.8. The van der Waals surface area contributed by atoms with Gasteiger partial charge >= 0.3 is 6.03 Å². The van der Waals surface area contributed by atoms with Crippen molar-refractivity contribution >= 4 is 34.9 Å².